The van der Waals surface area contributed by atoms with Crippen molar-refractivity contribution in [2.45, 2.75) is 59.2 Å². The molecule has 4 nitrogen and oxygen atoms in total. The van der Waals surface area contributed by atoms with Crippen LogP contribution in [0, 0.1) is 6.92 Å². The van der Waals surface area contributed by atoms with Gasteiger partial charge in [-0.2, -0.15) is 0 Å². The molecule has 5 heteroatoms. The number of hydrogen-bond donors (Lipinski definition) is 1. The minimum atomic E-state index is 0.0655. The zero-order valence-corrected chi connectivity index (χ0v) is 18.4. The quantitative estimate of drug-likeness (QED) is 0.731. The van der Waals surface area contributed by atoms with E-state index < -0.39 is 0 Å². The molecule has 2 amide bonds. The van der Waals surface area contributed by atoms with Crippen molar-refractivity contribution in [2.75, 3.05) is 19.6 Å². The van der Waals surface area contributed by atoms with Crippen molar-refractivity contribution in [3.05, 3.63) is 46.8 Å². The molecule has 1 aromatic carbocycles. The first-order chi connectivity index (χ1) is 13.5. The fourth-order valence-electron chi connectivity index (χ4n) is 3.76. The molecule has 0 spiro atoms. The third kappa shape index (κ3) is 5.15. The van der Waals surface area contributed by atoms with E-state index in [9.17, 15) is 4.79 Å². The lowest BCUT2D eigenvalue weighted by Crippen LogP contribution is -2.50. The maximum Gasteiger partial charge on any atom is 0.318 e. The van der Waals surface area contributed by atoms with Crippen LogP contribution in [0.3, 0.4) is 0 Å². The number of hydrogen-bond acceptors (Lipinski definition) is 3. The van der Waals surface area contributed by atoms with Crippen molar-refractivity contribution >= 4 is 17.4 Å². The second-order valence-electron chi connectivity index (χ2n) is 7.96. The van der Waals surface area contributed by atoms with Crippen LogP contribution in [-0.4, -0.2) is 47.5 Å². The van der Waals surface area contributed by atoms with Gasteiger partial charge in [0.2, 0.25) is 0 Å². The van der Waals surface area contributed by atoms with Crippen molar-refractivity contribution in [1.82, 2.24) is 15.1 Å². The lowest BCUT2D eigenvalue weighted by Gasteiger charge is -2.34. The zero-order chi connectivity index (χ0) is 20.1. The first kappa shape index (κ1) is 20.9. The van der Waals surface area contributed by atoms with Gasteiger partial charge in [-0.15, -0.1) is 11.3 Å². The lowest BCUT2D eigenvalue weighted by molar-refractivity contribution is 0.162. The number of nitrogens with zero attached hydrogens (tertiary/aromatic N) is 2. The highest BCUT2D eigenvalue weighted by atomic mass is 32.1. The molecule has 0 atom stereocenters. The normalized spacial score (nSPS) is 15.8. The highest BCUT2D eigenvalue weighted by Gasteiger charge is 2.24. The third-order valence-electron chi connectivity index (χ3n) is 5.64. The molecule has 0 aliphatic carbocycles. The van der Waals surface area contributed by atoms with Gasteiger partial charge in [0, 0.05) is 34.9 Å². The highest BCUT2D eigenvalue weighted by Crippen LogP contribution is 2.31. The van der Waals surface area contributed by atoms with Crippen molar-refractivity contribution in [1.29, 1.82) is 0 Å². The van der Waals surface area contributed by atoms with E-state index in [2.05, 4.69) is 74.3 Å². The number of carbonyl (C=O) groups excluding carboxylic acids is 1. The number of carbonyl (C=O) groups is 1. The summed E-state index contributed by atoms with van der Waals surface area (Å²) in [6.07, 6.45) is 2.09. The molecular weight excluding hydrogens is 366 g/mol. The zero-order valence-electron chi connectivity index (χ0n) is 17.6. The SMILES string of the molecule is CCN1CCC(NC(=O)N(Cc2ccc(-c3ccccc3C)s2)C(C)C)CC1. The molecule has 1 aliphatic heterocycles. The highest BCUT2D eigenvalue weighted by molar-refractivity contribution is 7.15. The Morgan fingerprint density at radius 2 is 1.93 bits per heavy atom. The Bertz CT molecular complexity index is 778. The molecular formula is C23H33N3OS. The van der Waals surface area contributed by atoms with Gasteiger partial charge >= 0.3 is 6.03 Å². The summed E-state index contributed by atoms with van der Waals surface area (Å²) in [5.74, 6) is 0. The summed E-state index contributed by atoms with van der Waals surface area (Å²) in [5, 5.41) is 3.28. The molecule has 0 unspecified atom stereocenters. The molecule has 0 radical (unpaired) electrons. The summed E-state index contributed by atoms with van der Waals surface area (Å²) < 4.78 is 0. The lowest BCUT2D eigenvalue weighted by atomic mass is 10.1. The maximum atomic E-state index is 12.9. The Kier molecular flexibility index (Phi) is 7.13. The molecule has 152 valence electrons. The van der Waals surface area contributed by atoms with E-state index in [1.165, 1.54) is 20.9 Å². The van der Waals surface area contributed by atoms with Crippen LogP contribution in [0.2, 0.25) is 0 Å². The number of aryl methyl sites for hydroxylation is 1. The van der Waals surface area contributed by atoms with Gasteiger partial charge in [-0.1, -0.05) is 31.2 Å². The van der Waals surface area contributed by atoms with Crippen LogP contribution in [0.25, 0.3) is 10.4 Å². The molecule has 0 bridgehead atoms. The third-order valence-corrected chi connectivity index (χ3v) is 6.75. The molecule has 0 saturated carbocycles. The minimum absolute atomic E-state index is 0.0655. The molecule has 1 saturated heterocycles. The Morgan fingerprint density at radius 3 is 2.57 bits per heavy atom. The first-order valence-electron chi connectivity index (χ1n) is 10.4. The molecule has 2 aromatic rings. The summed E-state index contributed by atoms with van der Waals surface area (Å²) in [6, 6.07) is 13.3. The van der Waals surface area contributed by atoms with Crippen molar-refractivity contribution in [3.63, 3.8) is 0 Å². The average Bonchev–Trinajstić information content (AvgIpc) is 3.15. The van der Waals surface area contributed by atoms with Crippen LogP contribution in [0.15, 0.2) is 36.4 Å². The number of urea groups is 1. The number of benzene rings is 1. The maximum absolute atomic E-state index is 12.9. The van der Waals surface area contributed by atoms with E-state index >= 15 is 0 Å². The predicted molar refractivity (Wildman–Crippen MR) is 119 cm³/mol. The van der Waals surface area contributed by atoms with Crippen molar-refractivity contribution in [3.8, 4) is 10.4 Å². The van der Waals surface area contributed by atoms with Gasteiger partial charge < -0.3 is 15.1 Å². The predicted octanol–water partition coefficient (Wildman–Crippen LogP) is 5.13. The molecule has 1 aliphatic rings. The number of piperidine rings is 1. The van der Waals surface area contributed by atoms with Gasteiger partial charge in [0.25, 0.3) is 0 Å². The van der Waals surface area contributed by atoms with Gasteiger partial charge in [0.15, 0.2) is 0 Å². The number of rotatable bonds is 6. The van der Waals surface area contributed by atoms with Crippen LogP contribution in [0.1, 0.15) is 44.1 Å². The van der Waals surface area contributed by atoms with Crippen molar-refractivity contribution in [2.24, 2.45) is 0 Å². The van der Waals surface area contributed by atoms with Gasteiger partial charge in [0.05, 0.1) is 6.54 Å². The Morgan fingerprint density at radius 1 is 1.21 bits per heavy atom. The summed E-state index contributed by atoms with van der Waals surface area (Å²) in [5.41, 5.74) is 2.56. The second kappa shape index (κ2) is 9.57. The largest absolute Gasteiger partial charge is 0.335 e. The van der Waals surface area contributed by atoms with E-state index in [1.807, 2.05) is 4.90 Å². The van der Waals surface area contributed by atoms with E-state index in [0.29, 0.717) is 12.6 Å². The van der Waals surface area contributed by atoms with Gasteiger partial charge in [-0.05, 0) is 63.4 Å². The number of amides is 2. The molecule has 1 N–H and O–H groups in total. The topological polar surface area (TPSA) is 35.6 Å². The molecule has 1 aromatic heterocycles. The fraction of sp³-hybridized carbons (Fsp3) is 0.522. The van der Waals surface area contributed by atoms with Gasteiger partial charge in [-0.3, -0.25) is 0 Å². The van der Waals surface area contributed by atoms with Gasteiger partial charge in [0.1, 0.15) is 0 Å². The monoisotopic (exact) mass is 399 g/mol. The summed E-state index contributed by atoms with van der Waals surface area (Å²) in [7, 11) is 0. The van der Waals surface area contributed by atoms with Crippen LogP contribution in [0.4, 0.5) is 4.79 Å². The molecule has 1 fully saturated rings. The van der Waals surface area contributed by atoms with E-state index in [1.54, 1.807) is 11.3 Å². The van der Waals surface area contributed by atoms with Gasteiger partial charge in [-0.25, -0.2) is 4.79 Å². The number of likely N-dealkylation sites (tertiary alicyclic amines) is 1. The average molecular weight is 400 g/mol. The minimum Gasteiger partial charge on any atom is -0.335 e. The van der Waals surface area contributed by atoms with Crippen LogP contribution in [0.5, 0.6) is 0 Å². The smallest absolute Gasteiger partial charge is 0.318 e. The van der Waals surface area contributed by atoms with Crippen LogP contribution >= 0.6 is 11.3 Å². The molecule has 3 rings (SSSR count). The van der Waals surface area contributed by atoms with Crippen LogP contribution < -0.4 is 5.32 Å². The van der Waals surface area contributed by atoms with Crippen molar-refractivity contribution < 1.29 is 4.79 Å². The summed E-state index contributed by atoms with van der Waals surface area (Å²) in [4.78, 5) is 19.8. The Hall–Kier alpha value is -1.85. The summed E-state index contributed by atoms with van der Waals surface area (Å²) in [6.45, 7) is 12.4. The van der Waals surface area contributed by atoms with E-state index in [-0.39, 0.29) is 12.1 Å². The van der Waals surface area contributed by atoms with E-state index in [0.717, 1.165) is 32.5 Å². The van der Waals surface area contributed by atoms with Crippen LogP contribution in [-0.2, 0) is 6.54 Å². The number of nitrogens with one attached hydrogen (secondary N) is 1. The van der Waals surface area contributed by atoms with E-state index in [4.69, 9.17) is 0 Å². The standard InChI is InChI=1S/C23H33N3OS/c1-5-25-14-12-19(13-15-25)24-23(27)26(17(2)3)16-20-10-11-22(28-20)21-9-7-6-8-18(21)4/h6-11,17,19H,5,12-16H2,1-4H3,(H,24,27). The number of thiophene rings is 1. The molecule has 28 heavy (non-hydrogen) atoms. The summed E-state index contributed by atoms with van der Waals surface area (Å²) >= 11 is 1.78. The fourth-order valence-corrected chi connectivity index (χ4v) is 4.86. The Labute approximate surface area is 173 Å². The molecule has 2 heterocycles. The second-order valence-corrected chi connectivity index (χ2v) is 9.13. The Balaban J connectivity index is 1.63. The first-order valence-corrected chi connectivity index (χ1v) is 11.2.